The quantitative estimate of drug-likeness (QED) is 0.546. The van der Waals surface area contributed by atoms with E-state index in [9.17, 15) is 17.6 Å². The molecule has 0 spiro atoms. The summed E-state index contributed by atoms with van der Waals surface area (Å²) < 4.78 is 62.9. The summed E-state index contributed by atoms with van der Waals surface area (Å²) in [5, 5.41) is 5.54. The van der Waals surface area contributed by atoms with Crippen LogP contribution in [0.15, 0.2) is 34.7 Å². The monoisotopic (exact) mass is 411 g/mol. The predicted molar refractivity (Wildman–Crippen MR) is 96.5 cm³/mol. The SMILES string of the molecule is CCOc1nc(NCc2ccc(C)o2)nc(Nc2ccc(F)c(C(F)(F)F)c2)n1. The molecule has 29 heavy (non-hydrogen) atoms. The zero-order valence-electron chi connectivity index (χ0n) is 15.5. The molecule has 2 heterocycles. The highest BCUT2D eigenvalue weighted by Crippen LogP contribution is 2.33. The van der Waals surface area contributed by atoms with Gasteiger partial charge >= 0.3 is 12.2 Å². The lowest BCUT2D eigenvalue weighted by Crippen LogP contribution is -2.11. The normalized spacial score (nSPS) is 11.4. The number of nitrogens with one attached hydrogen (secondary N) is 2. The van der Waals surface area contributed by atoms with Crippen molar-refractivity contribution in [2.24, 2.45) is 0 Å². The molecule has 0 aliphatic rings. The zero-order chi connectivity index (χ0) is 21.0. The van der Waals surface area contributed by atoms with Crippen molar-refractivity contribution < 1.29 is 26.7 Å². The molecule has 0 atom stereocenters. The predicted octanol–water partition coefficient (Wildman–Crippen LogP) is 4.69. The molecule has 0 bridgehead atoms. The fraction of sp³-hybridized carbons (Fsp3) is 0.278. The molecule has 0 fully saturated rings. The van der Waals surface area contributed by atoms with Crippen LogP contribution in [0.1, 0.15) is 24.0 Å². The summed E-state index contributed by atoms with van der Waals surface area (Å²) in [6.07, 6.45) is -4.83. The lowest BCUT2D eigenvalue weighted by molar-refractivity contribution is -0.139. The molecule has 7 nitrogen and oxygen atoms in total. The number of hydrogen-bond acceptors (Lipinski definition) is 7. The number of hydrogen-bond donors (Lipinski definition) is 2. The van der Waals surface area contributed by atoms with E-state index in [1.54, 1.807) is 26.0 Å². The Kier molecular flexibility index (Phi) is 5.85. The third kappa shape index (κ3) is 5.33. The summed E-state index contributed by atoms with van der Waals surface area (Å²) in [7, 11) is 0. The average Bonchev–Trinajstić information content (AvgIpc) is 3.06. The van der Waals surface area contributed by atoms with Gasteiger partial charge in [-0.1, -0.05) is 0 Å². The molecule has 11 heteroatoms. The number of anilines is 3. The number of nitrogens with zero attached hydrogens (tertiary/aromatic N) is 3. The Morgan fingerprint density at radius 2 is 1.83 bits per heavy atom. The van der Waals surface area contributed by atoms with Crippen LogP contribution < -0.4 is 15.4 Å². The first-order chi connectivity index (χ1) is 13.7. The summed E-state index contributed by atoms with van der Waals surface area (Å²) in [5.41, 5.74) is -1.44. The zero-order valence-corrected chi connectivity index (χ0v) is 15.5. The van der Waals surface area contributed by atoms with Crippen LogP contribution in [0.25, 0.3) is 0 Å². The summed E-state index contributed by atoms with van der Waals surface area (Å²) >= 11 is 0. The second kappa shape index (κ2) is 8.33. The van der Waals surface area contributed by atoms with E-state index in [1.165, 1.54) is 0 Å². The van der Waals surface area contributed by atoms with E-state index in [2.05, 4.69) is 25.6 Å². The number of ether oxygens (including phenoxy) is 1. The van der Waals surface area contributed by atoms with Gasteiger partial charge in [0.1, 0.15) is 17.3 Å². The number of halogens is 4. The van der Waals surface area contributed by atoms with Crippen LogP contribution in [-0.4, -0.2) is 21.6 Å². The number of alkyl halides is 3. The molecular formula is C18H17F4N5O2. The molecule has 2 N–H and O–H groups in total. The third-order valence-corrected chi connectivity index (χ3v) is 3.63. The number of furan rings is 1. The first-order valence-corrected chi connectivity index (χ1v) is 8.56. The van der Waals surface area contributed by atoms with E-state index in [0.717, 1.165) is 11.8 Å². The molecule has 2 aromatic heterocycles. The van der Waals surface area contributed by atoms with Crippen molar-refractivity contribution in [2.75, 3.05) is 17.2 Å². The Bertz CT molecular complexity index is 991. The highest BCUT2D eigenvalue weighted by Gasteiger charge is 2.34. The lowest BCUT2D eigenvalue weighted by atomic mass is 10.2. The molecule has 3 rings (SSSR count). The van der Waals surface area contributed by atoms with Crippen LogP contribution in [0.4, 0.5) is 35.1 Å². The molecule has 0 saturated heterocycles. The maximum absolute atomic E-state index is 13.5. The molecule has 0 unspecified atom stereocenters. The molecule has 0 aliphatic heterocycles. The van der Waals surface area contributed by atoms with Gasteiger partial charge in [0, 0.05) is 5.69 Å². The van der Waals surface area contributed by atoms with Crippen molar-refractivity contribution in [1.29, 1.82) is 0 Å². The maximum Gasteiger partial charge on any atom is 0.419 e. The van der Waals surface area contributed by atoms with Gasteiger partial charge in [0.25, 0.3) is 0 Å². The minimum Gasteiger partial charge on any atom is -0.465 e. The van der Waals surface area contributed by atoms with E-state index >= 15 is 0 Å². The molecule has 154 valence electrons. The van der Waals surface area contributed by atoms with Crippen LogP contribution in [-0.2, 0) is 12.7 Å². The van der Waals surface area contributed by atoms with Crippen molar-refractivity contribution in [1.82, 2.24) is 15.0 Å². The third-order valence-electron chi connectivity index (χ3n) is 3.63. The average molecular weight is 411 g/mol. The Hall–Kier alpha value is -3.37. The van der Waals surface area contributed by atoms with Crippen LogP contribution in [0.2, 0.25) is 0 Å². The van der Waals surface area contributed by atoms with Crippen molar-refractivity contribution in [2.45, 2.75) is 26.6 Å². The fourth-order valence-electron chi connectivity index (χ4n) is 2.38. The molecule has 3 aromatic rings. The topological polar surface area (TPSA) is 85.1 Å². The van der Waals surface area contributed by atoms with Gasteiger partial charge in [-0.2, -0.15) is 28.1 Å². The molecule has 0 amide bonds. The van der Waals surface area contributed by atoms with Crippen LogP contribution in [0.3, 0.4) is 0 Å². The number of benzene rings is 1. The molecule has 0 saturated carbocycles. The molecule has 0 radical (unpaired) electrons. The van der Waals surface area contributed by atoms with Gasteiger partial charge in [-0.25, -0.2) is 4.39 Å². The van der Waals surface area contributed by atoms with Crippen LogP contribution in [0.5, 0.6) is 6.01 Å². The van der Waals surface area contributed by atoms with Crippen molar-refractivity contribution >= 4 is 17.6 Å². The van der Waals surface area contributed by atoms with Crippen LogP contribution >= 0.6 is 0 Å². The standard InChI is InChI=1S/C18H17F4N5O2/c1-3-28-17-26-15(23-9-12-6-4-10(2)29-12)25-16(27-17)24-11-5-7-14(19)13(8-11)18(20,21)22/h4-8H,3,9H2,1-2H3,(H2,23,24,25,26,27). The second-order valence-electron chi connectivity index (χ2n) is 5.88. The number of rotatable bonds is 7. The van der Waals surface area contributed by atoms with Gasteiger partial charge in [0.05, 0.1) is 18.7 Å². The van der Waals surface area contributed by atoms with E-state index < -0.39 is 17.6 Å². The maximum atomic E-state index is 13.5. The lowest BCUT2D eigenvalue weighted by Gasteiger charge is -2.12. The van der Waals surface area contributed by atoms with Gasteiger partial charge in [0.15, 0.2) is 0 Å². The highest BCUT2D eigenvalue weighted by molar-refractivity contribution is 5.56. The van der Waals surface area contributed by atoms with E-state index in [1.807, 2.05) is 0 Å². The first kappa shape index (κ1) is 20.4. The van der Waals surface area contributed by atoms with Gasteiger partial charge in [-0.05, 0) is 44.2 Å². The largest absolute Gasteiger partial charge is 0.465 e. The number of aryl methyl sites for hydroxylation is 1. The van der Waals surface area contributed by atoms with Crippen molar-refractivity contribution in [3.63, 3.8) is 0 Å². The Morgan fingerprint density at radius 3 is 2.48 bits per heavy atom. The second-order valence-corrected chi connectivity index (χ2v) is 5.88. The van der Waals surface area contributed by atoms with Crippen molar-refractivity contribution in [3.8, 4) is 6.01 Å². The Labute approximate surface area is 163 Å². The smallest absolute Gasteiger partial charge is 0.419 e. The van der Waals surface area contributed by atoms with Crippen molar-refractivity contribution in [3.05, 3.63) is 53.2 Å². The highest BCUT2D eigenvalue weighted by atomic mass is 19.4. The van der Waals surface area contributed by atoms with E-state index in [4.69, 9.17) is 9.15 Å². The fourth-order valence-corrected chi connectivity index (χ4v) is 2.38. The molecular weight excluding hydrogens is 394 g/mol. The van der Waals surface area contributed by atoms with E-state index in [0.29, 0.717) is 17.9 Å². The van der Waals surface area contributed by atoms with Gasteiger partial charge < -0.3 is 19.8 Å². The van der Waals surface area contributed by atoms with E-state index in [-0.39, 0.29) is 36.7 Å². The molecule has 0 aliphatic carbocycles. The summed E-state index contributed by atoms with van der Waals surface area (Å²) in [6.45, 7) is 4.08. The van der Waals surface area contributed by atoms with Gasteiger partial charge in [-0.3, -0.25) is 0 Å². The summed E-state index contributed by atoms with van der Waals surface area (Å²) in [5.74, 6) is 0.0691. The number of aromatic nitrogens is 3. The van der Waals surface area contributed by atoms with Gasteiger partial charge in [-0.15, -0.1) is 0 Å². The first-order valence-electron chi connectivity index (χ1n) is 8.56. The Balaban J connectivity index is 1.83. The molecule has 1 aromatic carbocycles. The summed E-state index contributed by atoms with van der Waals surface area (Å²) in [6, 6.07) is 6.06. The summed E-state index contributed by atoms with van der Waals surface area (Å²) in [4.78, 5) is 12.2. The van der Waals surface area contributed by atoms with Crippen LogP contribution in [0, 0.1) is 12.7 Å². The Morgan fingerprint density at radius 1 is 1.07 bits per heavy atom. The minimum atomic E-state index is -4.83. The van der Waals surface area contributed by atoms with Gasteiger partial charge in [0.2, 0.25) is 11.9 Å². The minimum absolute atomic E-state index is 0.0266.